The van der Waals surface area contributed by atoms with E-state index in [1.165, 1.54) is 7.11 Å². The van der Waals surface area contributed by atoms with E-state index in [4.69, 9.17) is 9.47 Å². The number of hydrogen-bond acceptors (Lipinski definition) is 6. The minimum Gasteiger partial charge on any atom is -0.469 e. The summed E-state index contributed by atoms with van der Waals surface area (Å²) < 4.78 is 13.9. The molecule has 84 valence electrons. The van der Waals surface area contributed by atoms with Gasteiger partial charge in [0, 0.05) is 12.8 Å². The molecule has 6 heteroatoms. The van der Waals surface area contributed by atoms with Crippen molar-refractivity contribution < 1.29 is 28.6 Å². The molecule has 1 heterocycles. The number of hydrogen-bond donors (Lipinski definition) is 0. The minimum absolute atomic E-state index is 0.0129. The van der Waals surface area contributed by atoms with Crippen LogP contribution in [0.3, 0.4) is 0 Å². The zero-order chi connectivity index (χ0) is 11.3. The molecule has 0 aliphatic carbocycles. The molecule has 1 aliphatic rings. The molecule has 1 fully saturated rings. The summed E-state index contributed by atoms with van der Waals surface area (Å²) in [5.74, 6) is -0.459. The van der Waals surface area contributed by atoms with Crippen LogP contribution in [0.1, 0.15) is 19.3 Å². The molecule has 0 aromatic heterocycles. The van der Waals surface area contributed by atoms with Crippen molar-refractivity contribution in [3.63, 3.8) is 0 Å². The molecule has 15 heavy (non-hydrogen) atoms. The second-order valence-corrected chi connectivity index (χ2v) is 3.15. The van der Waals surface area contributed by atoms with E-state index in [9.17, 15) is 14.4 Å². The van der Waals surface area contributed by atoms with Gasteiger partial charge < -0.3 is 19.0 Å². The van der Waals surface area contributed by atoms with Gasteiger partial charge in [-0.2, -0.15) is 0 Å². The Labute approximate surface area is 86.5 Å². The van der Waals surface area contributed by atoms with Crippen LogP contribution in [0.4, 0.5) is 4.79 Å². The van der Waals surface area contributed by atoms with Crippen molar-refractivity contribution in [3.05, 3.63) is 0 Å². The van der Waals surface area contributed by atoms with Gasteiger partial charge in [-0.1, -0.05) is 0 Å². The van der Waals surface area contributed by atoms with Crippen molar-refractivity contribution in [2.45, 2.75) is 31.5 Å². The highest BCUT2D eigenvalue weighted by molar-refractivity contribution is 5.71. The van der Waals surface area contributed by atoms with Crippen LogP contribution >= 0.6 is 0 Å². The van der Waals surface area contributed by atoms with E-state index in [0.29, 0.717) is 12.7 Å². The summed E-state index contributed by atoms with van der Waals surface area (Å²) in [5, 5.41) is 0. The third-order valence-corrected chi connectivity index (χ3v) is 2.03. The molecular weight excluding hydrogens is 204 g/mol. The predicted octanol–water partition coefficient (Wildman–Crippen LogP) is 0.433. The van der Waals surface area contributed by atoms with Gasteiger partial charge in [0.15, 0.2) is 0 Å². The lowest BCUT2D eigenvalue weighted by Crippen LogP contribution is -2.36. The summed E-state index contributed by atoms with van der Waals surface area (Å²) in [6.45, 7) is 0. The zero-order valence-electron chi connectivity index (χ0n) is 8.30. The summed E-state index contributed by atoms with van der Waals surface area (Å²) in [7, 11) is 1.26. The highest BCUT2D eigenvalue weighted by Gasteiger charge is 2.31. The van der Waals surface area contributed by atoms with Gasteiger partial charge in [0.05, 0.1) is 13.5 Å². The van der Waals surface area contributed by atoms with Crippen molar-refractivity contribution in [1.29, 1.82) is 0 Å². The number of cyclic esters (lactones) is 2. The molecule has 2 unspecified atom stereocenters. The first kappa shape index (κ1) is 11.5. The van der Waals surface area contributed by atoms with Gasteiger partial charge in [-0.05, 0) is 0 Å². The maximum absolute atomic E-state index is 10.9. The molecule has 1 rings (SSSR count). The van der Waals surface area contributed by atoms with Crippen molar-refractivity contribution in [2.24, 2.45) is 0 Å². The number of carbonyl (C=O) groups is 3. The lowest BCUT2D eigenvalue weighted by atomic mass is 10.1. The fraction of sp³-hybridized carbons (Fsp3) is 0.667. The molecule has 0 spiro atoms. The topological polar surface area (TPSA) is 78.9 Å². The van der Waals surface area contributed by atoms with Crippen LogP contribution in [0.5, 0.6) is 0 Å². The van der Waals surface area contributed by atoms with Crippen molar-refractivity contribution in [1.82, 2.24) is 0 Å². The molecule has 0 saturated carbocycles. The highest BCUT2D eigenvalue weighted by atomic mass is 16.7. The van der Waals surface area contributed by atoms with E-state index < -0.39 is 24.3 Å². The van der Waals surface area contributed by atoms with Crippen LogP contribution in [0.25, 0.3) is 0 Å². The van der Waals surface area contributed by atoms with Crippen LogP contribution in [0.15, 0.2) is 0 Å². The summed E-state index contributed by atoms with van der Waals surface area (Å²) in [5.41, 5.74) is 0. The lowest BCUT2D eigenvalue weighted by Gasteiger charge is -2.27. The summed E-state index contributed by atoms with van der Waals surface area (Å²) in [6.07, 6.45) is -0.810. The van der Waals surface area contributed by atoms with E-state index >= 15 is 0 Å². The van der Waals surface area contributed by atoms with E-state index in [0.717, 1.165) is 0 Å². The average molecular weight is 216 g/mol. The molecule has 0 aromatic rings. The normalized spacial score (nSPS) is 25.0. The SMILES string of the molecule is COC(=O)CC1CC(CC=O)OC(=O)O1. The van der Waals surface area contributed by atoms with E-state index in [1.807, 2.05) is 0 Å². The third kappa shape index (κ3) is 3.57. The Hall–Kier alpha value is -1.59. The van der Waals surface area contributed by atoms with Gasteiger partial charge in [0.2, 0.25) is 0 Å². The largest absolute Gasteiger partial charge is 0.508 e. The molecule has 0 amide bonds. The summed E-state index contributed by atoms with van der Waals surface area (Å²) in [6, 6.07) is 0. The number of aldehydes is 1. The van der Waals surface area contributed by atoms with Crippen molar-refractivity contribution >= 4 is 18.4 Å². The monoisotopic (exact) mass is 216 g/mol. The Morgan fingerprint density at radius 2 is 2.20 bits per heavy atom. The molecular formula is C9H12O6. The average Bonchev–Trinajstić information content (AvgIpc) is 2.17. The molecule has 0 bridgehead atoms. The maximum Gasteiger partial charge on any atom is 0.508 e. The molecule has 1 saturated heterocycles. The predicted molar refractivity (Wildman–Crippen MR) is 47.1 cm³/mol. The van der Waals surface area contributed by atoms with Crippen LogP contribution in [-0.4, -0.2) is 37.7 Å². The Kier molecular flexibility index (Phi) is 4.08. The van der Waals surface area contributed by atoms with Gasteiger partial charge in [0.25, 0.3) is 0 Å². The van der Waals surface area contributed by atoms with E-state index in [-0.39, 0.29) is 12.8 Å². The summed E-state index contributed by atoms with van der Waals surface area (Å²) in [4.78, 5) is 32.1. The molecule has 0 aromatic carbocycles. The molecule has 1 aliphatic heterocycles. The number of esters is 1. The second-order valence-electron chi connectivity index (χ2n) is 3.15. The van der Waals surface area contributed by atoms with Crippen LogP contribution in [-0.2, 0) is 23.8 Å². The zero-order valence-corrected chi connectivity index (χ0v) is 8.30. The van der Waals surface area contributed by atoms with Gasteiger partial charge in [0.1, 0.15) is 18.5 Å². The molecule has 6 nitrogen and oxygen atoms in total. The first-order valence-corrected chi connectivity index (χ1v) is 4.53. The fourth-order valence-electron chi connectivity index (χ4n) is 1.34. The quantitative estimate of drug-likeness (QED) is 0.501. The maximum atomic E-state index is 10.9. The standard InChI is InChI=1S/C9H12O6/c1-13-8(11)5-7-4-6(2-3-10)14-9(12)15-7/h3,6-7H,2,4-5H2,1H3. The van der Waals surface area contributed by atoms with Crippen LogP contribution < -0.4 is 0 Å². The number of methoxy groups -OCH3 is 1. The Morgan fingerprint density at radius 3 is 2.80 bits per heavy atom. The van der Waals surface area contributed by atoms with Gasteiger partial charge in [-0.25, -0.2) is 4.79 Å². The molecule has 2 atom stereocenters. The van der Waals surface area contributed by atoms with Gasteiger partial charge in [-0.15, -0.1) is 0 Å². The van der Waals surface area contributed by atoms with E-state index in [2.05, 4.69) is 4.74 Å². The number of ether oxygens (including phenoxy) is 3. The van der Waals surface area contributed by atoms with Crippen molar-refractivity contribution in [2.75, 3.05) is 7.11 Å². The smallest absolute Gasteiger partial charge is 0.469 e. The van der Waals surface area contributed by atoms with E-state index in [1.54, 1.807) is 0 Å². The third-order valence-electron chi connectivity index (χ3n) is 2.03. The first-order chi connectivity index (χ1) is 7.15. The molecule has 0 radical (unpaired) electrons. The Balaban J connectivity index is 2.47. The van der Waals surface area contributed by atoms with Crippen molar-refractivity contribution in [3.8, 4) is 0 Å². The summed E-state index contributed by atoms with van der Waals surface area (Å²) >= 11 is 0. The Morgan fingerprint density at radius 1 is 1.53 bits per heavy atom. The Bertz CT molecular complexity index is 261. The van der Waals surface area contributed by atoms with Crippen LogP contribution in [0, 0.1) is 0 Å². The fourth-order valence-corrected chi connectivity index (χ4v) is 1.34. The highest BCUT2D eigenvalue weighted by Crippen LogP contribution is 2.19. The number of rotatable bonds is 4. The van der Waals surface area contributed by atoms with Gasteiger partial charge in [-0.3, -0.25) is 4.79 Å². The van der Waals surface area contributed by atoms with Crippen LogP contribution in [0.2, 0.25) is 0 Å². The van der Waals surface area contributed by atoms with Gasteiger partial charge >= 0.3 is 12.1 Å². The number of carbonyl (C=O) groups excluding carboxylic acids is 3. The second kappa shape index (κ2) is 5.33. The molecule has 0 N–H and O–H groups in total. The lowest BCUT2D eigenvalue weighted by molar-refractivity contribution is -0.145. The minimum atomic E-state index is -0.845. The first-order valence-electron chi connectivity index (χ1n) is 4.53.